The van der Waals surface area contributed by atoms with Crippen LogP contribution in [0.3, 0.4) is 0 Å². The molecule has 0 spiro atoms. The summed E-state index contributed by atoms with van der Waals surface area (Å²) in [4.78, 5) is 10.4. The summed E-state index contributed by atoms with van der Waals surface area (Å²) in [6, 6.07) is 6.94. The van der Waals surface area contributed by atoms with Crippen molar-refractivity contribution < 1.29 is 4.39 Å². The van der Waals surface area contributed by atoms with E-state index in [1.165, 1.54) is 30.8 Å². The van der Waals surface area contributed by atoms with Crippen molar-refractivity contribution in [3.8, 4) is 0 Å². The van der Waals surface area contributed by atoms with Crippen LogP contribution in [0, 0.1) is 11.7 Å². The number of halogens is 2. The molecule has 0 aromatic heterocycles. The van der Waals surface area contributed by atoms with E-state index in [4.69, 9.17) is 4.99 Å². The average Bonchev–Trinajstić information content (AvgIpc) is 3.12. The van der Waals surface area contributed by atoms with Crippen molar-refractivity contribution in [1.29, 1.82) is 0 Å². The summed E-state index contributed by atoms with van der Waals surface area (Å²) in [5.74, 6) is 2.36. The molecule has 0 bridgehead atoms. The second-order valence-corrected chi connectivity index (χ2v) is 7.74. The smallest absolute Gasteiger partial charge is 0.193 e. The fraction of sp³-hybridized carbons (Fsp3) is 0.650. The number of nitrogens with one attached hydrogen (secondary N) is 1. The molecule has 154 valence electrons. The van der Waals surface area contributed by atoms with Crippen LogP contribution < -0.4 is 5.32 Å². The molecule has 4 nitrogen and oxygen atoms in total. The van der Waals surface area contributed by atoms with Crippen molar-refractivity contribution in [3.05, 3.63) is 30.1 Å². The molecular formula is C20H34FIN4S. The van der Waals surface area contributed by atoms with Crippen LogP contribution in [-0.2, 0) is 0 Å². The maximum Gasteiger partial charge on any atom is 0.193 e. The summed E-state index contributed by atoms with van der Waals surface area (Å²) in [7, 11) is 0. The van der Waals surface area contributed by atoms with E-state index in [9.17, 15) is 4.39 Å². The summed E-state index contributed by atoms with van der Waals surface area (Å²) in [5, 5.41) is 3.42. The van der Waals surface area contributed by atoms with Gasteiger partial charge in [-0.25, -0.2) is 4.39 Å². The van der Waals surface area contributed by atoms with Crippen LogP contribution in [0.25, 0.3) is 0 Å². The minimum absolute atomic E-state index is 0. The third kappa shape index (κ3) is 8.15. The highest BCUT2D eigenvalue weighted by Crippen LogP contribution is 2.21. The largest absolute Gasteiger partial charge is 0.357 e. The number of likely N-dealkylation sites (tertiary alicyclic amines) is 1. The number of hydrogen-bond acceptors (Lipinski definition) is 3. The highest BCUT2D eigenvalue weighted by Gasteiger charge is 2.25. The highest BCUT2D eigenvalue weighted by atomic mass is 127. The monoisotopic (exact) mass is 508 g/mol. The summed E-state index contributed by atoms with van der Waals surface area (Å²) in [5.41, 5.74) is 0. The van der Waals surface area contributed by atoms with Gasteiger partial charge in [0.25, 0.3) is 0 Å². The molecule has 0 saturated carbocycles. The Balaban J connectivity index is 0.00000364. The molecule has 1 atom stereocenters. The van der Waals surface area contributed by atoms with Crippen molar-refractivity contribution >= 4 is 41.7 Å². The van der Waals surface area contributed by atoms with Crippen LogP contribution >= 0.6 is 35.7 Å². The van der Waals surface area contributed by atoms with Gasteiger partial charge < -0.3 is 15.1 Å². The van der Waals surface area contributed by atoms with Gasteiger partial charge in [-0.1, -0.05) is 26.0 Å². The number of benzene rings is 1. The molecule has 7 heteroatoms. The Kier molecular flexibility index (Phi) is 12.3. The molecule has 1 heterocycles. The van der Waals surface area contributed by atoms with Gasteiger partial charge in [0.15, 0.2) is 5.96 Å². The molecule has 1 aliphatic rings. The van der Waals surface area contributed by atoms with Crippen LogP contribution in [0.1, 0.15) is 27.2 Å². The van der Waals surface area contributed by atoms with Gasteiger partial charge in [-0.3, -0.25) is 4.99 Å². The molecule has 1 unspecified atom stereocenters. The lowest BCUT2D eigenvalue weighted by Gasteiger charge is -2.24. The van der Waals surface area contributed by atoms with E-state index in [0.717, 1.165) is 44.4 Å². The van der Waals surface area contributed by atoms with Gasteiger partial charge in [-0.2, -0.15) is 0 Å². The van der Waals surface area contributed by atoms with Crippen LogP contribution in [0.15, 0.2) is 34.2 Å². The topological polar surface area (TPSA) is 30.9 Å². The predicted molar refractivity (Wildman–Crippen MR) is 126 cm³/mol. The van der Waals surface area contributed by atoms with Crippen molar-refractivity contribution in [1.82, 2.24) is 15.1 Å². The summed E-state index contributed by atoms with van der Waals surface area (Å²) in [6.07, 6.45) is 1.23. The van der Waals surface area contributed by atoms with E-state index in [0.29, 0.717) is 17.4 Å². The van der Waals surface area contributed by atoms with E-state index in [-0.39, 0.29) is 29.8 Å². The maximum atomic E-state index is 13.7. The first kappa shape index (κ1) is 24.5. The molecule has 1 aliphatic heterocycles. The Morgan fingerprint density at radius 1 is 1.30 bits per heavy atom. The standard InChI is InChI=1S/C20H33FN4S.HI/c1-4-22-20(23-12-14-26-19-10-8-7-9-18(19)21)25-13-11-17(16-25)15-24(5-2)6-3;/h7-10,17H,4-6,11-16H2,1-3H3,(H,22,23);1H. The molecule has 0 radical (unpaired) electrons. The molecule has 1 saturated heterocycles. The van der Waals surface area contributed by atoms with E-state index >= 15 is 0 Å². The van der Waals surface area contributed by atoms with E-state index < -0.39 is 0 Å². The molecule has 27 heavy (non-hydrogen) atoms. The summed E-state index contributed by atoms with van der Waals surface area (Å²) in [6.45, 7) is 13.7. The van der Waals surface area contributed by atoms with Gasteiger partial charge in [0.2, 0.25) is 0 Å². The molecular weight excluding hydrogens is 474 g/mol. The first-order valence-corrected chi connectivity index (χ1v) is 10.8. The molecule has 1 aromatic rings. The molecule has 1 fully saturated rings. The minimum atomic E-state index is -0.146. The molecule has 2 rings (SSSR count). The van der Waals surface area contributed by atoms with Crippen LogP contribution in [-0.4, -0.2) is 67.3 Å². The summed E-state index contributed by atoms with van der Waals surface area (Å²) >= 11 is 1.53. The van der Waals surface area contributed by atoms with E-state index in [2.05, 4.69) is 35.9 Å². The number of nitrogens with zero attached hydrogens (tertiary/aromatic N) is 3. The second kappa shape index (κ2) is 13.6. The normalized spacial score (nSPS) is 17.3. The van der Waals surface area contributed by atoms with Crippen molar-refractivity contribution in [2.75, 3.05) is 51.6 Å². The Morgan fingerprint density at radius 2 is 2.04 bits per heavy atom. The minimum Gasteiger partial charge on any atom is -0.357 e. The quantitative estimate of drug-likeness (QED) is 0.179. The Labute approximate surface area is 185 Å². The lowest BCUT2D eigenvalue weighted by atomic mass is 10.1. The number of hydrogen-bond donors (Lipinski definition) is 1. The zero-order valence-corrected chi connectivity index (χ0v) is 19.9. The van der Waals surface area contributed by atoms with Crippen molar-refractivity contribution in [3.63, 3.8) is 0 Å². The zero-order chi connectivity index (χ0) is 18.8. The van der Waals surface area contributed by atoms with Gasteiger partial charge in [-0.05, 0) is 44.5 Å². The van der Waals surface area contributed by atoms with Gasteiger partial charge in [0, 0.05) is 36.8 Å². The van der Waals surface area contributed by atoms with Crippen LogP contribution in [0.5, 0.6) is 0 Å². The van der Waals surface area contributed by atoms with Gasteiger partial charge >= 0.3 is 0 Å². The second-order valence-electron chi connectivity index (χ2n) is 6.60. The van der Waals surface area contributed by atoms with Crippen LogP contribution in [0.2, 0.25) is 0 Å². The van der Waals surface area contributed by atoms with Crippen molar-refractivity contribution in [2.24, 2.45) is 10.9 Å². The molecule has 0 amide bonds. The Hall–Kier alpha value is -0.540. The fourth-order valence-corrected chi connectivity index (χ4v) is 4.10. The van der Waals surface area contributed by atoms with Gasteiger partial charge in [0.05, 0.1) is 6.54 Å². The Morgan fingerprint density at radius 3 is 2.70 bits per heavy atom. The predicted octanol–water partition coefficient (Wildman–Crippen LogP) is 4.17. The average molecular weight is 508 g/mol. The van der Waals surface area contributed by atoms with Gasteiger partial charge in [-0.15, -0.1) is 35.7 Å². The van der Waals surface area contributed by atoms with E-state index in [1.807, 2.05) is 12.1 Å². The third-order valence-electron chi connectivity index (χ3n) is 4.78. The summed E-state index contributed by atoms with van der Waals surface area (Å²) < 4.78 is 13.7. The zero-order valence-electron chi connectivity index (χ0n) is 16.8. The molecule has 1 N–H and O–H groups in total. The lowest BCUT2D eigenvalue weighted by molar-refractivity contribution is 0.255. The molecule has 0 aliphatic carbocycles. The van der Waals surface area contributed by atoms with E-state index in [1.54, 1.807) is 6.07 Å². The van der Waals surface area contributed by atoms with Crippen molar-refractivity contribution in [2.45, 2.75) is 32.1 Å². The Bertz CT molecular complexity index is 569. The number of aliphatic imine (C=N–C) groups is 1. The first-order chi connectivity index (χ1) is 12.7. The number of rotatable bonds is 9. The number of guanidine groups is 1. The SMILES string of the molecule is CCNC(=NCCSc1ccccc1F)N1CCC(CN(CC)CC)C1.I. The van der Waals surface area contributed by atoms with Crippen LogP contribution in [0.4, 0.5) is 4.39 Å². The highest BCUT2D eigenvalue weighted by molar-refractivity contribution is 14.0. The lowest BCUT2D eigenvalue weighted by Crippen LogP contribution is -2.41. The maximum absolute atomic E-state index is 13.7. The number of thioether (sulfide) groups is 1. The first-order valence-electron chi connectivity index (χ1n) is 9.80. The fourth-order valence-electron chi connectivity index (χ4n) is 3.32. The third-order valence-corrected chi connectivity index (χ3v) is 5.81. The molecule has 1 aromatic carbocycles. The van der Waals surface area contributed by atoms with Gasteiger partial charge in [0.1, 0.15) is 5.82 Å².